The maximum Gasteiger partial charge on any atom is 0.220 e. The molecule has 0 fully saturated rings. The van der Waals surface area contributed by atoms with Crippen molar-refractivity contribution < 1.29 is 4.79 Å². The molecule has 0 aromatic rings. The molecule has 0 rings (SSSR count). The first-order chi connectivity index (χ1) is 6.16. The van der Waals surface area contributed by atoms with E-state index in [4.69, 9.17) is 11.6 Å². The average Bonchev–Trinajstić information content (AvgIpc) is 2.09. The van der Waals surface area contributed by atoms with Gasteiger partial charge in [-0.3, -0.25) is 4.79 Å². The molecule has 3 heteroatoms. The lowest BCUT2D eigenvalue weighted by molar-refractivity contribution is -0.118. The van der Waals surface area contributed by atoms with Crippen LogP contribution in [-0.4, -0.2) is 5.91 Å². The van der Waals surface area contributed by atoms with Crippen molar-refractivity contribution in [2.75, 3.05) is 0 Å². The molecule has 0 bridgehead atoms. The second kappa shape index (κ2) is 8.11. The monoisotopic (exact) mass is 203 g/mol. The molecule has 0 aliphatic carbocycles. The fourth-order valence-electron chi connectivity index (χ4n) is 0.973. The van der Waals surface area contributed by atoms with E-state index in [-0.39, 0.29) is 5.91 Å². The molecular weight excluding hydrogens is 186 g/mol. The van der Waals surface area contributed by atoms with Crippen LogP contribution in [-0.2, 0) is 4.79 Å². The van der Waals surface area contributed by atoms with Crippen molar-refractivity contribution in [2.24, 2.45) is 0 Å². The van der Waals surface area contributed by atoms with Crippen LogP contribution in [0.3, 0.4) is 0 Å². The summed E-state index contributed by atoms with van der Waals surface area (Å²) >= 11 is 5.85. The lowest BCUT2D eigenvalue weighted by Gasteiger charge is -1.99. The Labute approximate surface area is 85.3 Å². The van der Waals surface area contributed by atoms with Crippen LogP contribution in [0.5, 0.6) is 0 Å². The van der Waals surface area contributed by atoms with Crippen LogP contribution in [0.25, 0.3) is 0 Å². The van der Waals surface area contributed by atoms with Gasteiger partial charge in [-0.2, -0.15) is 0 Å². The predicted octanol–water partition coefficient (Wildman–Crippen LogP) is 3.17. The maximum atomic E-state index is 10.5. The Kier molecular flexibility index (Phi) is 7.80. The minimum Gasteiger partial charge on any atom is -0.332 e. The minimum absolute atomic E-state index is 0.0771. The van der Waals surface area contributed by atoms with Gasteiger partial charge >= 0.3 is 0 Å². The lowest BCUT2D eigenvalue weighted by Crippen LogP contribution is -2.11. The first kappa shape index (κ1) is 12.5. The first-order valence-electron chi connectivity index (χ1n) is 4.78. The normalized spacial score (nSPS) is 11.5. The summed E-state index contributed by atoms with van der Waals surface area (Å²) in [6, 6.07) is 0. The SMILES string of the molecule is CCCCCC/C(Cl)=C/NC(C)=O. The van der Waals surface area contributed by atoms with E-state index in [1.54, 1.807) is 6.20 Å². The minimum atomic E-state index is -0.0771. The quantitative estimate of drug-likeness (QED) is 0.661. The standard InChI is InChI=1S/C10H18ClNO/c1-3-4-5-6-7-10(11)8-12-9(2)13/h8H,3-7H2,1-2H3,(H,12,13)/b10-8-. The van der Waals surface area contributed by atoms with Crippen molar-refractivity contribution in [2.45, 2.75) is 46.0 Å². The van der Waals surface area contributed by atoms with Crippen molar-refractivity contribution in [3.05, 3.63) is 11.2 Å². The maximum absolute atomic E-state index is 10.5. The summed E-state index contributed by atoms with van der Waals surface area (Å²) in [5, 5.41) is 3.28. The Bertz CT molecular complexity index is 178. The zero-order chi connectivity index (χ0) is 10.1. The Balaban J connectivity index is 3.43. The van der Waals surface area contributed by atoms with E-state index >= 15 is 0 Å². The zero-order valence-electron chi connectivity index (χ0n) is 8.40. The third kappa shape index (κ3) is 9.41. The molecule has 1 amide bonds. The van der Waals surface area contributed by atoms with Crippen molar-refractivity contribution >= 4 is 17.5 Å². The fraction of sp³-hybridized carbons (Fsp3) is 0.700. The summed E-state index contributed by atoms with van der Waals surface area (Å²) in [4.78, 5) is 10.5. The number of nitrogens with one attached hydrogen (secondary N) is 1. The summed E-state index contributed by atoms with van der Waals surface area (Å²) in [5.41, 5.74) is 0. The van der Waals surface area contributed by atoms with Gasteiger partial charge in [0.15, 0.2) is 0 Å². The number of hydrogen-bond acceptors (Lipinski definition) is 1. The highest BCUT2D eigenvalue weighted by Gasteiger charge is 1.93. The molecule has 0 radical (unpaired) electrons. The van der Waals surface area contributed by atoms with Crippen LogP contribution in [0.1, 0.15) is 46.0 Å². The number of hydrogen-bond donors (Lipinski definition) is 1. The number of allylic oxidation sites excluding steroid dienone is 1. The van der Waals surface area contributed by atoms with Crippen LogP contribution in [0.15, 0.2) is 11.2 Å². The van der Waals surface area contributed by atoms with Gasteiger partial charge in [0.25, 0.3) is 0 Å². The van der Waals surface area contributed by atoms with Gasteiger partial charge in [0.05, 0.1) is 0 Å². The van der Waals surface area contributed by atoms with E-state index in [0.717, 1.165) is 17.9 Å². The highest BCUT2D eigenvalue weighted by Crippen LogP contribution is 2.12. The molecule has 1 N–H and O–H groups in total. The predicted molar refractivity (Wildman–Crippen MR) is 56.5 cm³/mol. The van der Waals surface area contributed by atoms with Crippen LogP contribution in [0.2, 0.25) is 0 Å². The Morgan fingerprint density at radius 1 is 1.38 bits per heavy atom. The number of halogens is 1. The van der Waals surface area contributed by atoms with E-state index in [2.05, 4.69) is 12.2 Å². The first-order valence-corrected chi connectivity index (χ1v) is 5.16. The lowest BCUT2D eigenvalue weighted by atomic mass is 10.1. The van der Waals surface area contributed by atoms with Gasteiger partial charge in [-0.25, -0.2) is 0 Å². The van der Waals surface area contributed by atoms with Gasteiger partial charge in [0.1, 0.15) is 0 Å². The zero-order valence-corrected chi connectivity index (χ0v) is 9.16. The fourth-order valence-corrected chi connectivity index (χ4v) is 1.16. The molecule has 0 saturated carbocycles. The number of amides is 1. The largest absolute Gasteiger partial charge is 0.332 e. The van der Waals surface area contributed by atoms with E-state index in [9.17, 15) is 4.79 Å². The van der Waals surface area contributed by atoms with Gasteiger partial charge in [-0.15, -0.1) is 0 Å². The van der Waals surface area contributed by atoms with Gasteiger partial charge in [-0.1, -0.05) is 37.8 Å². The smallest absolute Gasteiger partial charge is 0.220 e. The topological polar surface area (TPSA) is 29.1 Å². The van der Waals surface area contributed by atoms with E-state index in [1.807, 2.05) is 0 Å². The molecule has 13 heavy (non-hydrogen) atoms. The highest BCUT2D eigenvalue weighted by atomic mass is 35.5. The average molecular weight is 204 g/mol. The second-order valence-electron chi connectivity index (χ2n) is 3.10. The molecule has 76 valence electrons. The molecule has 0 unspecified atom stereocenters. The number of carbonyl (C=O) groups is 1. The van der Waals surface area contributed by atoms with Gasteiger partial charge in [-0.05, 0) is 12.8 Å². The summed E-state index contributed by atoms with van der Waals surface area (Å²) in [6.45, 7) is 3.65. The van der Waals surface area contributed by atoms with E-state index in [0.29, 0.717) is 0 Å². The molecule has 0 aromatic heterocycles. The number of unbranched alkanes of at least 4 members (excludes halogenated alkanes) is 3. The Morgan fingerprint density at radius 3 is 2.62 bits per heavy atom. The Morgan fingerprint density at radius 2 is 2.08 bits per heavy atom. The molecule has 2 nitrogen and oxygen atoms in total. The van der Waals surface area contributed by atoms with Crippen molar-refractivity contribution in [1.29, 1.82) is 0 Å². The molecule has 0 atom stereocenters. The number of rotatable bonds is 6. The van der Waals surface area contributed by atoms with Crippen LogP contribution >= 0.6 is 11.6 Å². The van der Waals surface area contributed by atoms with Gasteiger partial charge < -0.3 is 5.32 Å². The Hall–Kier alpha value is -0.500. The third-order valence-corrected chi connectivity index (χ3v) is 2.00. The van der Waals surface area contributed by atoms with Crippen LogP contribution in [0.4, 0.5) is 0 Å². The molecule has 0 spiro atoms. The van der Waals surface area contributed by atoms with Gasteiger partial charge in [0, 0.05) is 18.2 Å². The van der Waals surface area contributed by atoms with E-state index in [1.165, 1.54) is 26.2 Å². The molecule has 0 aliphatic rings. The van der Waals surface area contributed by atoms with Crippen LogP contribution in [0, 0.1) is 0 Å². The van der Waals surface area contributed by atoms with Crippen LogP contribution < -0.4 is 5.32 Å². The van der Waals surface area contributed by atoms with Crippen molar-refractivity contribution in [1.82, 2.24) is 5.32 Å². The summed E-state index contributed by atoms with van der Waals surface area (Å²) < 4.78 is 0. The second-order valence-corrected chi connectivity index (χ2v) is 3.59. The number of carbonyl (C=O) groups excluding carboxylic acids is 1. The summed E-state index contributed by atoms with van der Waals surface area (Å²) in [7, 11) is 0. The molecule has 0 aliphatic heterocycles. The molecule has 0 aromatic carbocycles. The molecule has 0 saturated heterocycles. The van der Waals surface area contributed by atoms with Crippen molar-refractivity contribution in [3.8, 4) is 0 Å². The van der Waals surface area contributed by atoms with Crippen molar-refractivity contribution in [3.63, 3.8) is 0 Å². The highest BCUT2D eigenvalue weighted by molar-refractivity contribution is 6.29. The molecule has 0 heterocycles. The molecular formula is C10H18ClNO. The van der Waals surface area contributed by atoms with Gasteiger partial charge in [0.2, 0.25) is 5.91 Å². The third-order valence-electron chi connectivity index (χ3n) is 1.70. The van der Waals surface area contributed by atoms with E-state index < -0.39 is 0 Å². The summed E-state index contributed by atoms with van der Waals surface area (Å²) in [5.74, 6) is -0.0771. The summed E-state index contributed by atoms with van der Waals surface area (Å²) in [6.07, 6.45) is 7.23.